The van der Waals surface area contributed by atoms with Gasteiger partial charge in [-0.3, -0.25) is 14.1 Å². The SMILES string of the molecule is Cc1cc(NC(=O)c2ccncc2)ccc1N1CCCS1(=O)=O. The summed E-state index contributed by atoms with van der Waals surface area (Å²) in [4.78, 5) is 16.0. The lowest BCUT2D eigenvalue weighted by atomic mass is 10.1. The Balaban J connectivity index is 1.81. The van der Waals surface area contributed by atoms with Gasteiger partial charge in [0.2, 0.25) is 10.0 Å². The summed E-state index contributed by atoms with van der Waals surface area (Å²) < 4.78 is 25.5. The fourth-order valence-corrected chi connectivity index (χ4v) is 4.26. The molecule has 1 aliphatic heterocycles. The number of carbonyl (C=O) groups excluding carboxylic acids is 1. The van der Waals surface area contributed by atoms with Gasteiger partial charge in [-0.15, -0.1) is 0 Å². The van der Waals surface area contributed by atoms with Gasteiger partial charge in [0.1, 0.15) is 0 Å². The molecule has 0 radical (unpaired) electrons. The molecule has 6 nitrogen and oxygen atoms in total. The average Bonchev–Trinajstić information content (AvgIpc) is 2.87. The Labute approximate surface area is 135 Å². The van der Waals surface area contributed by atoms with Crippen molar-refractivity contribution in [2.75, 3.05) is 21.9 Å². The summed E-state index contributed by atoms with van der Waals surface area (Å²) in [6.07, 6.45) is 3.76. The molecule has 0 unspecified atom stereocenters. The van der Waals surface area contributed by atoms with Crippen molar-refractivity contribution in [3.8, 4) is 0 Å². The van der Waals surface area contributed by atoms with Crippen LogP contribution in [0.25, 0.3) is 0 Å². The molecular formula is C16H17N3O3S. The Bertz CT molecular complexity index is 835. The first-order chi connectivity index (χ1) is 11.0. The number of hydrogen-bond acceptors (Lipinski definition) is 4. The first kappa shape index (κ1) is 15.5. The van der Waals surface area contributed by atoms with E-state index in [4.69, 9.17) is 0 Å². The highest BCUT2D eigenvalue weighted by Gasteiger charge is 2.29. The predicted octanol–water partition coefficient (Wildman–Crippen LogP) is 2.18. The predicted molar refractivity (Wildman–Crippen MR) is 89.1 cm³/mol. The molecule has 1 N–H and O–H groups in total. The standard InChI is InChI=1S/C16H17N3O3S/c1-12-11-14(18-16(20)13-5-7-17-8-6-13)3-4-15(12)19-9-2-10-23(19,21)22/h3-8,11H,2,9-10H2,1H3,(H,18,20). The lowest BCUT2D eigenvalue weighted by molar-refractivity contribution is 0.102. The van der Waals surface area contributed by atoms with Crippen molar-refractivity contribution in [3.63, 3.8) is 0 Å². The molecule has 1 aromatic heterocycles. The molecule has 0 bridgehead atoms. The molecule has 1 fully saturated rings. The lowest BCUT2D eigenvalue weighted by Crippen LogP contribution is -2.25. The van der Waals surface area contributed by atoms with E-state index in [2.05, 4.69) is 10.3 Å². The maximum absolute atomic E-state index is 12.1. The summed E-state index contributed by atoms with van der Waals surface area (Å²) in [5, 5.41) is 2.80. The van der Waals surface area contributed by atoms with Gasteiger partial charge in [-0.05, 0) is 49.2 Å². The van der Waals surface area contributed by atoms with Gasteiger partial charge in [0.05, 0.1) is 11.4 Å². The van der Waals surface area contributed by atoms with Crippen molar-refractivity contribution >= 4 is 27.3 Å². The third-order valence-electron chi connectivity index (χ3n) is 3.77. The number of benzene rings is 1. The van der Waals surface area contributed by atoms with Crippen molar-refractivity contribution < 1.29 is 13.2 Å². The maximum Gasteiger partial charge on any atom is 0.255 e. The Kier molecular flexibility index (Phi) is 4.04. The van der Waals surface area contributed by atoms with Gasteiger partial charge in [-0.25, -0.2) is 8.42 Å². The summed E-state index contributed by atoms with van der Waals surface area (Å²) in [6, 6.07) is 8.50. The number of nitrogens with one attached hydrogen (secondary N) is 1. The number of carbonyl (C=O) groups is 1. The molecule has 7 heteroatoms. The van der Waals surface area contributed by atoms with Crippen LogP contribution in [-0.4, -0.2) is 31.6 Å². The van der Waals surface area contributed by atoms with Crippen LogP contribution in [0.3, 0.4) is 0 Å². The Morgan fingerprint density at radius 2 is 1.96 bits per heavy atom. The molecule has 2 aromatic rings. The van der Waals surface area contributed by atoms with E-state index in [1.807, 2.05) is 6.92 Å². The van der Waals surface area contributed by atoms with Crippen LogP contribution in [0.4, 0.5) is 11.4 Å². The van der Waals surface area contributed by atoms with E-state index in [0.717, 1.165) is 5.56 Å². The molecule has 1 amide bonds. The Hall–Kier alpha value is -2.41. The van der Waals surface area contributed by atoms with E-state index in [0.29, 0.717) is 29.9 Å². The molecule has 2 heterocycles. The molecule has 23 heavy (non-hydrogen) atoms. The third kappa shape index (κ3) is 3.19. The first-order valence-electron chi connectivity index (χ1n) is 7.30. The largest absolute Gasteiger partial charge is 0.322 e. The van der Waals surface area contributed by atoms with Gasteiger partial charge in [0, 0.05) is 30.2 Å². The van der Waals surface area contributed by atoms with Crippen LogP contribution < -0.4 is 9.62 Å². The zero-order valence-electron chi connectivity index (χ0n) is 12.7. The summed E-state index contributed by atoms with van der Waals surface area (Å²) >= 11 is 0. The first-order valence-corrected chi connectivity index (χ1v) is 8.91. The zero-order valence-corrected chi connectivity index (χ0v) is 13.5. The molecule has 3 rings (SSSR count). The third-order valence-corrected chi connectivity index (χ3v) is 5.62. The van der Waals surface area contributed by atoms with Crippen LogP contribution in [-0.2, 0) is 10.0 Å². The van der Waals surface area contributed by atoms with Crippen LogP contribution in [0.2, 0.25) is 0 Å². The summed E-state index contributed by atoms with van der Waals surface area (Å²) in [6.45, 7) is 2.34. The average molecular weight is 331 g/mol. The number of pyridine rings is 1. The quantitative estimate of drug-likeness (QED) is 0.935. The Morgan fingerprint density at radius 1 is 1.22 bits per heavy atom. The highest BCUT2D eigenvalue weighted by molar-refractivity contribution is 7.93. The topological polar surface area (TPSA) is 79.4 Å². The number of amides is 1. The number of sulfonamides is 1. The monoisotopic (exact) mass is 331 g/mol. The fourth-order valence-electron chi connectivity index (χ4n) is 2.63. The van der Waals surface area contributed by atoms with Gasteiger partial charge >= 0.3 is 0 Å². The molecule has 1 saturated heterocycles. The van der Waals surface area contributed by atoms with Crippen LogP contribution in [0.15, 0.2) is 42.7 Å². The highest BCUT2D eigenvalue weighted by Crippen LogP contribution is 2.29. The van der Waals surface area contributed by atoms with Gasteiger partial charge < -0.3 is 5.32 Å². The fraction of sp³-hybridized carbons (Fsp3) is 0.250. The van der Waals surface area contributed by atoms with E-state index in [-0.39, 0.29) is 11.7 Å². The second kappa shape index (κ2) is 6.00. The molecule has 0 saturated carbocycles. The second-order valence-corrected chi connectivity index (χ2v) is 7.45. The number of anilines is 2. The number of aromatic nitrogens is 1. The molecule has 0 atom stereocenters. The van der Waals surface area contributed by atoms with Gasteiger partial charge in [-0.2, -0.15) is 0 Å². The van der Waals surface area contributed by atoms with E-state index >= 15 is 0 Å². The van der Waals surface area contributed by atoms with Crippen molar-refractivity contribution in [1.29, 1.82) is 0 Å². The normalized spacial score (nSPS) is 16.3. The van der Waals surface area contributed by atoms with Crippen LogP contribution in [0.5, 0.6) is 0 Å². The minimum absolute atomic E-state index is 0.187. The van der Waals surface area contributed by atoms with E-state index in [1.54, 1.807) is 42.7 Å². The molecular weight excluding hydrogens is 314 g/mol. The van der Waals surface area contributed by atoms with Gasteiger partial charge in [0.15, 0.2) is 0 Å². The lowest BCUT2D eigenvalue weighted by Gasteiger charge is -2.20. The second-order valence-electron chi connectivity index (χ2n) is 5.43. The van der Waals surface area contributed by atoms with E-state index < -0.39 is 10.0 Å². The molecule has 1 aromatic carbocycles. The van der Waals surface area contributed by atoms with Gasteiger partial charge in [0.25, 0.3) is 5.91 Å². The maximum atomic E-state index is 12.1. The number of rotatable bonds is 3. The van der Waals surface area contributed by atoms with Gasteiger partial charge in [-0.1, -0.05) is 0 Å². The molecule has 0 spiro atoms. The summed E-state index contributed by atoms with van der Waals surface area (Å²) in [5.41, 5.74) is 2.63. The Morgan fingerprint density at radius 3 is 2.57 bits per heavy atom. The van der Waals surface area contributed by atoms with Crippen LogP contribution in [0.1, 0.15) is 22.3 Å². The number of aryl methyl sites for hydroxylation is 1. The molecule has 0 aliphatic carbocycles. The van der Waals surface area contributed by atoms with Crippen LogP contribution >= 0.6 is 0 Å². The smallest absolute Gasteiger partial charge is 0.255 e. The minimum Gasteiger partial charge on any atom is -0.322 e. The van der Waals surface area contributed by atoms with Crippen LogP contribution in [0, 0.1) is 6.92 Å². The van der Waals surface area contributed by atoms with Crippen molar-refractivity contribution in [2.45, 2.75) is 13.3 Å². The van der Waals surface area contributed by atoms with Crippen molar-refractivity contribution in [3.05, 3.63) is 53.9 Å². The highest BCUT2D eigenvalue weighted by atomic mass is 32.2. The number of nitrogens with zero attached hydrogens (tertiary/aromatic N) is 2. The van der Waals surface area contributed by atoms with Crippen molar-refractivity contribution in [2.24, 2.45) is 0 Å². The number of hydrogen-bond donors (Lipinski definition) is 1. The van der Waals surface area contributed by atoms with Crippen molar-refractivity contribution in [1.82, 2.24) is 4.98 Å². The summed E-state index contributed by atoms with van der Waals surface area (Å²) in [7, 11) is -3.20. The molecule has 120 valence electrons. The zero-order chi connectivity index (χ0) is 16.4. The summed E-state index contributed by atoms with van der Waals surface area (Å²) in [5.74, 6) is -0.0409. The van der Waals surface area contributed by atoms with E-state index in [9.17, 15) is 13.2 Å². The minimum atomic E-state index is -3.20. The molecule has 1 aliphatic rings. The van der Waals surface area contributed by atoms with E-state index in [1.165, 1.54) is 4.31 Å².